The minimum Gasteiger partial charge on any atom is -0.481 e. The lowest BCUT2D eigenvalue weighted by Crippen LogP contribution is -1.98. The first kappa shape index (κ1) is 21.1. The van der Waals surface area contributed by atoms with Gasteiger partial charge in [-0.15, -0.1) is 0 Å². The van der Waals surface area contributed by atoms with E-state index in [1.807, 2.05) is 36.5 Å². The monoisotopic (exact) mass is 318 g/mol. The smallest absolute Gasteiger partial charge is 0.303 e. The van der Waals surface area contributed by atoms with Crippen molar-refractivity contribution in [2.24, 2.45) is 0 Å². The molecule has 0 aromatic carbocycles. The van der Waals surface area contributed by atoms with E-state index >= 15 is 0 Å². The van der Waals surface area contributed by atoms with Crippen LogP contribution in [-0.2, 0) is 4.79 Å². The quantitative estimate of drug-likeness (QED) is 0.286. The zero-order chi connectivity index (χ0) is 17.2. The number of aliphatic carboxylic acids is 1. The molecule has 0 aromatic heterocycles. The zero-order valence-electron chi connectivity index (χ0n) is 14.1. The molecule has 2 N–H and O–H groups in total. The molecule has 0 unspecified atom stereocenters. The number of hydrogen-bond acceptors (Lipinski definition) is 2. The average molecular weight is 318 g/mol. The van der Waals surface area contributed by atoms with Crippen molar-refractivity contribution in [2.75, 3.05) is 0 Å². The molecular weight excluding hydrogens is 288 g/mol. The molecule has 0 rings (SSSR count). The van der Waals surface area contributed by atoms with E-state index in [2.05, 4.69) is 25.2 Å². The molecule has 0 heterocycles. The van der Waals surface area contributed by atoms with Crippen molar-refractivity contribution >= 4 is 5.97 Å². The van der Waals surface area contributed by atoms with Crippen LogP contribution in [0, 0.1) is 0 Å². The molecule has 3 heteroatoms. The summed E-state index contributed by atoms with van der Waals surface area (Å²) in [5.41, 5.74) is 0. The maximum absolute atomic E-state index is 10.3. The Kier molecular flexibility index (Phi) is 15.2. The number of carbonyl (C=O) groups is 1. The highest BCUT2D eigenvalue weighted by atomic mass is 16.4. The van der Waals surface area contributed by atoms with Crippen LogP contribution in [0.4, 0.5) is 0 Å². The molecule has 128 valence electrons. The van der Waals surface area contributed by atoms with Crippen LogP contribution >= 0.6 is 0 Å². The number of hydrogen-bond donors (Lipinski definition) is 2. The Morgan fingerprint density at radius 3 is 2.39 bits per heavy atom. The zero-order valence-corrected chi connectivity index (χ0v) is 14.1. The Labute approximate surface area is 140 Å². The summed E-state index contributed by atoms with van der Waals surface area (Å²) in [7, 11) is 0. The highest BCUT2D eigenvalue weighted by molar-refractivity contribution is 5.66. The van der Waals surface area contributed by atoms with E-state index in [1.54, 1.807) is 6.08 Å². The molecule has 23 heavy (non-hydrogen) atoms. The SMILES string of the molecule is CCC=CCC=CC[C@H](O)/C=C/C=CCC=CCCCC(=O)O. The standard InChI is InChI=1S/C20H30O3/c1-2-3-4-5-10-13-16-19(21)17-14-11-8-6-7-9-12-15-18-20(22)23/h3-4,7-11,13-14,17,19,21H,2,5-6,12,15-16,18H2,1H3,(H,22,23)/b4-3?,9-7?,11-8?,13-10?,17-14+/t19-/m0/s1. The van der Waals surface area contributed by atoms with Gasteiger partial charge in [-0.3, -0.25) is 4.79 Å². The van der Waals surface area contributed by atoms with Gasteiger partial charge in [-0.25, -0.2) is 0 Å². The second kappa shape index (κ2) is 16.5. The van der Waals surface area contributed by atoms with E-state index < -0.39 is 12.1 Å². The molecular formula is C20H30O3. The fourth-order valence-electron chi connectivity index (χ4n) is 1.77. The van der Waals surface area contributed by atoms with E-state index in [0.717, 1.165) is 25.7 Å². The maximum atomic E-state index is 10.3. The van der Waals surface area contributed by atoms with E-state index in [4.69, 9.17) is 5.11 Å². The van der Waals surface area contributed by atoms with Crippen molar-refractivity contribution in [2.45, 2.75) is 58.0 Å². The Balaban J connectivity index is 3.68. The summed E-state index contributed by atoms with van der Waals surface area (Å²) in [6.45, 7) is 2.11. The number of allylic oxidation sites excluding steroid dienone is 8. The van der Waals surface area contributed by atoms with Gasteiger partial charge in [0.1, 0.15) is 0 Å². The minimum atomic E-state index is -0.741. The van der Waals surface area contributed by atoms with Crippen LogP contribution in [0.2, 0.25) is 0 Å². The summed E-state index contributed by atoms with van der Waals surface area (Å²) in [4.78, 5) is 10.3. The van der Waals surface area contributed by atoms with Crippen molar-refractivity contribution in [1.82, 2.24) is 0 Å². The molecule has 0 fully saturated rings. The Bertz CT molecular complexity index is 428. The average Bonchev–Trinajstić information content (AvgIpc) is 2.52. The van der Waals surface area contributed by atoms with Gasteiger partial charge >= 0.3 is 5.97 Å². The van der Waals surface area contributed by atoms with Gasteiger partial charge < -0.3 is 10.2 Å². The first-order chi connectivity index (χ1) is 11.2. The lowest BCUT2D eigenvalue weighted by Gasteiger charge is -1.98. The van der Waals surface area contributed by atoms with Crippen molar-refractivity contribution in [3.05, 3.63) is 60.8 Å². The third kappa shape index (κ3) is 18.1. The molecule has 0 saturated carbocycles. The van der Waals surface area contributed by atoms with Crippen molar-refractivity contribution < 1.29 is 15.0 Å². The second-order valence-electron chi connectivity index (χ2n) is 5.20. The van der Waals surface area contributed by atoms with Gasteiger partial charge in [-0.2, -0.15) is 0 Å². The predicted octanol–water partition coefficient (Wildman–Crippen LogP) is 4.96. The topological polar surface area (TPSA) is 57.5 Å². The molecule has 0 aliphatic heterocycles. The van der Waals surface area contributed by atoms with Gasteiger partial charge in [0, 0.05) is 6.42 Å². The Hall–Kier alpha value is -1.87. The summed E-state index contributed by atoms with van der Waals surface area (Å²) in [5, 5.41) is 18.2. The summed E-state index contributed by atoms with van der Waals surface area (Å²) in [6.07, 6.45) is 24.6. The summed E-state index contributed by atoms with van der Waals surface area (Å²) in [6, 6.07) is 0. The molecule has 0 aliphatic carbocycles. The third-order valence-corrected chi connectivity index (χ3v) is 3.00. The number of rotatable bonds is 13. The van der Waals surface area contributed by atoms with Crippen LogP contribution in [0.15, 0.2) is 60.8 Å². The normalized spacial score (nSPS) is 14.2. The van der Waals surface area contributed by atoms with Crippen LogP contribution in [-0.4, -0.2) is 22.3 Å². The molecule has 0 aliphatic rings. The van der Waals surface area contributed by atoms with Crippen molar-refractivity contribution in [3.8, 4) is 0 Å². The highest BCUT2D eigenvalue weighted by Crippen LogP contribution is 2.00. The number of carboxylic acid groups (broad SMARTS) is 1. The maximum Gasteiger partial charge on any atom is 0.303 e. The first-order valence-corrected chi connectivity index (χ1v) is 8.35. The van der Waals surface area contributed by atoms with E-state index in [0.29, 0.717) is 12.8 Å². The van der Waals surface area contributed by atoms with E-state index in [9.17, 15) is 9.90 Å². The molecule has 3 nitrogen and oxygen atoms in total. The molecule has 1 atom stereocenters. The van der Waals surface area contributed by atoms with E-state index in [1.165, 1.54) is 0 Å². The lowest BCUT2D eigenvalue weighted by molar-refractivity contribution is -0.137. The van der Waals surface area contributed by atoms with Crippen molar-refractivity contribution in [3.63, 3.8) is 0 Å². The molecule has 0 amide bonds. The van der Waals surface area contributed by atoms with Gasteiger partial charge in [-0.05, 0) is 38.5 Å². The number of unbranched alkanes of at least 4 members (excludes halogenated alkanes) is 1. The van der Waals surface area contributed by atoms with Gasteiger partial charge in [-0.1, -0.05) is 67.7 Å². The molecule has 0 radical (unpaired) electrons. The van der Waals surface area contributed by atoms with Gasteiger partial charge in [0.15, 0.2) is 0 Å². The predicted molar refractivity (Wildman–Crippen MR) is 97.3 cm³/mol. The minimum absolute atomic E-state index is 0.226. The van der Waals surface area contributed by atoms with Gasteiger partial charge in [0.05, 0.1) is 6.10 Å². The largest absolute Gasteiger partial charge is 0.481 e. The second-order valence-corrected chi connectivity index (χ2v) is 5.20. The van der Waals surface area contributed by atoms with Crippen LogP contribution in [0.25, 0.3) is 0 Å². The Morgan fingerprint density at radius 1 is 0.957 bits per heavy atom. The van der Waals surface area contributed by atoms with Gasteiger partial charge in [0.25, 0.3) is 0 Å². The third-order valence-electron chi connectivity index (χ3n) is 3.00. The fraction of sp³-hybridized carbons (Fsp3) is 0.450. The van der Waals surface area contributed by atoms with Crippen LogP contribution in [0.1, 0.15) is 51.9 Å². The van der Waals surface area contributed by atoms with Crippen molar-refractivity contribution in [1.29, 1.82) is 0 Å². The molecule has 0 bridgehead atoms. The summed E-state index contributed by atoms with van der Waals surface area (Å²) in [5.74, 6) is -0.741. The number of aliphatic hydroxyl groups excluding tert-OH is 1. The van der Waals surface area contributed by atoms with Crippen LogP contribution in [0.3, 0.4) is 0 Å². The van der Waals surface area contributed by atoms with Crippen LogP contribution in [0.5, 0.6) is 0 Å². The molecule has 0 saturated heterocycles. The molecule has 0 spiro atoms. The summed E-state index contributed by atoms with van der Waals surface area (Å²) < 4.78 is 0. The number of carboxylic acids is 1. The lowest BCUT2D eigenvalue weighted by atomic mass is 10.2. The van der Waals surface area contributed by atoms with Gasteiger partial charge in [0.2, 0.25) is 0 Å². The van der Waals surface area contributed by atoms with E-state index in [-0.39, 0.29) is 6.42 Å². The Morgan fingerprint density at radius 2 is 1.65 bits per heavy atom. The highest BCUT2D eigenvalue weighted by Gasteiger charge is 1.93. The number of aliphatic hydroxyl groups is 1. The summed E-state index contributed by atoms with van der Waals surface area (Å²) >= 11 is 0. The molecule has 0 aromatic rings. The first-order valence-electron chi connectivity index (χ1n) is 8.35. The fourth-order valence-corrected chi connectivity index (χ4v) is 1.77. The van der Waals surface area contributed by atoms with Crippen LogP contribution < -0.4 is 0 Å².